The second-order valence-electron chi connectivity index (χ2n) is 8.24. The highest BCUT2D eigenvalue weighted by molar-refractivity contribution is 7.89. The number of hydrogen-bond donors (Lipinski definition) is 1. The first kappa shape index (κ1) is 22.3. The van der Waals surface area contributed by atoms with Gasteiger partial charge in [0, 0.05) is 44.8 Å². The zero-order chi connectivity index (χ0) is 22.6. The molecule has 1 fully saturated rings. The third-order valence-electron chi connectivity index (χ3n) is 6.13. The fourth-order valence-corrected chi connectivity index (χ4v) is 5.64. The molecule has 0 spiro atoms. The average molecular weight is 452 g/mol. The average Bonchev–Trinajstić information content (AvgIpc) is 2.84. The van der Waals surface area contributed by atoms with Crippen molar-refractivity contribution in [3.63, 3.8) is 0 Å². The zero-order valence-electron chi connectivity index (χ0n) is 18.3. The normalized spacial score (nSPS) is 15.5. The summed E-state index contributed by atoms with van der Waals surface area (Å²) in [6.45, 7) is 1.99. The standard InChI is InChI=1S/C25H29N3O3S/c1-27(23-9-3-2-4-10-23)18-15-26-25(29)21-13-16-28(17-14-21)32(30,31)24-12-11-20-7-5-6-8-22(20)19-24/h2-12,19,21H,13-18H2,1H3,(H,26,29). The van der Waals surface area contributed by atoms with Crippen LogP contribution in [0.15, 0.2) is 77.7 Å². The van der Waals surface area contributed by atoms with Crippen LogP contribution in [0.25, 0.3) is 10.8 Å². The highest BCUT2D eigenvalue weighted by Crippen LogP contribution is 2.26. The van der Waals surface area contributed by atoms with Crippen molar-refractivity contribution in [1.82, 2.24) is 9.62 Å². The smallest absolute Gasteiger partial charge is 0.243 e. The fraction of sp³-hybridized carbons (Fsp3) is 0.320. The third-order valence-corrected chi connectivity index (χ3v) is 8.02. The van der Waals surface area contributed by atoms with Crippen molar-refractivity contribution in [2.24, 2.45) is 5.92 Å². The Hall–Kier alpha value is -2.90. The van der Waals surface area contributed by atoms with E-state index in [2.05, 4.69) is 10.2 Å². The molecule has 1 heterocycles. The highest BCUT2D eigenvalue weighted by atomic mass is 32.2. The van der Waals surface area contributed by atoms with Crippen molar-refractivity contribution in [3.05, 3.63) is 72.8 Å². The predicted molar refractivity (Wildman–Crippen MR) is 128 cm³/mol. The molecule has 6 nitrogen and oxygen atoms in total. The molecule has 3 aromatic carbocycles. The van der Waals surface area contributed by atoms with E-state index in [1.54, 1.807) is 12.1 Å². The van der Waals surface area contributed by atoms with E-state index in [9.17, 15) is 13.2 Å². The maximum atomic E-state index is 13.1. The fourth-order valence-electron chi connectivity index (χ4n) is 4.14. The van der Waals surface area contributed by atoms with Gasteiger partial charge in [-0.2, -0.15) is 4.31 Å². The first-order chi connectivity index (χ1) is 15.4. The van der Waals surface area contributed by atoms with Gasteiger partial charge in [-0.05, 0) is 47.9 Å². The lowest BCUT2D eigenvalue weighted by atomic mass is 9.97. The van der Waals surface area contributed by atoms with Gasteiger partial charge in [0.05, 0.1) is 4.90 Å². The Morgan fingerprint density at radius 3 is 2.34 bits per heavy atom. The maximum absolute atomic E-state index is 13.1. The van der Waals surface area contributed by atoms with Crippen molar-refractivity contribution in [2.45, 2.75) is 17.7 Å². The summed E-state index contributed by atoms with van der Waals surface area (Å²) < 4.78 is 27.7. The number of fused-ring (bicyclic) bond motifs is 1. The Bertz CT molecular complexity index is 1170. The van der Waals surface area contributed by atoms with E-state index in [0.29, 0.717) is 43.9 Å². The summed E-state index contributed by atoms with van der Waals surface area (Å²) >= 11 is 0. The van der Waals surface area contributed by atoms with Crippen LogP contribution < -0.4 is 10.2 Å². The molecule has 0 unspecified atom stereocenters. The van der Waals surface area contributed by atoms with E-state index >= 15 is 0 Å². The number of nitrogens with zero attached hydrogens (tertiary/aromatic N) is 2. The third kappa shape index (κ3) is 4.95. The minimum Gasteiger partial charge on any atom is -0.373 e. The molecule has 4 rings (SSSR count). The first-order valence-corrected chi connectivity index (χ1v) is 12.4. The SMILES string of the molecule is CN(CCNC(=O)C1CCN(S(=O)(=O)c2ccc3ccccc3c2)CC1)c1ccccc1. The van der Waals surface area contributed by atoms with Gasteiger partial charge in [-0.3, -0.25) is 4.79 Å². The molecule has 1 aliphatic rings. The number of amides is 1. The lowest BCUT2D eigenvalue weighted by Crippen LogP contribution is -2.44. The van der Waals surface area contributed by atoms with Gasteiger partial charge < -0.3 is 10.2 Å². The number of benzene rings is 3. The molecule has 168 valence electrons. The number of para-hydroxylation sites is 1. The van der Waals surface area contributed by atoms with Crippen LogP contribution in [0.3, 0.4) is 0 Å². The minimum absolute atomic E-state index is 0.00853. The van der Waals surface area contributed by atoms with Crippen LogP contribution in [0, 0.1) is 5.92 Å². The number of likely N-dealkylation sites (N-methyl/N-ethyl adjacent to an activating group) is 1. The summed E-state index contributed by atoms with van der Waals surface area (Å²) in [6, 6.07) is 23.0. The highest BCUT2D eigenvalue weighted by Gasteiger charge is 2.32. The molecule has 0 saturated carbocycles. The Balaban J connectivity index is 1.29. The molecule has 1 aliphatic heterocycles. The van der Waals surface area contributed by atoms with Gasteiger partial charge in [0.15, 0.2) is 0 Å². The summed E-state index contributed by atoms with van der Waals surface area (Å²) in [7, 11) is -1.57. The van der Waals surface area contributed by atoms with E-state index in [-0.39, 0.29) is 11.8 Å². The number of anilines is 1. The molecule has 3 aromatic rings. The molecule has 32 heavy (non-hydrogen) atoms. The molecule has 1 saturated heterocycles. The van der Waals surface area contributed by atoms with Crippen molar-refractivity contribution >= 4 is 32.4 Å². The second-order valence-corrected chi connectivity index (χ2v) is 10.2. The van der Waals surface area contributed by atoms with E-state index in [1.165, 1.54) is 4.31 Å². The Morgan fingerprint density at radius 2 is 1.62 bits per heavy atom. The van der Waals surface area contributed by atoms with Crippen LogP contribution in [0.5, 0.6) is 0 Å². The van der Waals surface area contributed by atoms with E-state index in [4.69, 9.17) is 0 Å². The number of carbonyl (C=O) groups excluding carboxylic acids is 1. The monoisotopic (exact) mass is 451 g/mol. The van der Waals surface area contributed by atoms with Crippen molar-refractivity contribution in [2.75, 3.05) is 38.1 Å². The van der Waals surface area contributed by atoms with Crippen molar-refractivity contribution in [3.8, 4) is 0 Å². The maximum Gasteiger partial charge on any atom is 0.243 e. The van der Waals surface area contributed by atoms with Crippen LogP contribution in [-0.2, 0) is 14.8 Å². The van der Waals surface area contributed by atoms with Crippen LogP contribution in [0.2, 0.25) is 0 Å². The molecular formula is C25H29N3O3S. The quantitative estimate of drug-likeness (QED) is 0.597. The topological polar surface area (TPSA) is 69.7 Å². The Labute approximate surface area is 189 Å². The zero-order valence-corrected chi connectivity index (χ0v) is 19.1. The largest absolute Gasteiger partial charge is 0.373 e. The lowest BCUT2D eigenvalue weighted by Gasteiger charge is -2.30. The van der Waals surface area contributed by atoms with Gasteiger partial charge in [0.2, 0.25) is 15.9 Å². The van der Waals surface area contributed by atoms with Gasteiger partial charge in [0.1, 0.15) is 0 Å². The summed E-state index contributed by atoms with van der Waals surface area (Å²) in [5.41, 5.74) is 1.11. The number of piperidine rings is 1. The van der Waals surface area contributed by atoms with E-state index in [1.807, 2.05) is 67.7 Å². The molecule has 0 atom stereocenters. The molecule has 0 radical (unpaired) electrons. The van der Waals surface area contributed by atoms with E-state index in [0.717, 1.165) is 16.5 Å². The van der Waals surface area contributed by atoms with Crippen LogP contribution in [0.4, 0.5) is 5.69 Å². The molecule has 1 amide bonds. The van der Waals surface area contributed by atoms with Crippen LogP contribution >= 0.6 is 0 Å². The number of rotatable bonds is 7. The molecule has 0 aromatic heterocycles. The number of hydrogen-bond acceptors (Lipinski definition) is 4. The van der Waals surface area contributed by atoms with E-state index < -0.39 is 10.0 Å². The van der Waals surface area contributed by atoms with Crippen molar-refractivity contribution < 1.29 is 13.2 Å². The van der Waals surface area contributed by atoms with Gasteiger partial charge in [-0.15, -0.1) is 0 Å². The number of nitrogens with one attached hydrogen (secondary N) is 1. The summed E-state index contributed by atoms with van der Waals surface area (Å²) in [5.74, 6) is -0.144. The summed E-state index contributed by atoms with van der Waals surface area (Å²) in [5, 5.41) is 4.93. The minimum atomic E-state index is -3.57. The molecule has 1 N–H and O–H groups in total. The molecule has 7 heteroatoms. The number of carbonyl (C=O) groups is 1. The van der Waals surface area contributed by atoms with Gasteiger partial charge >= 0.3 is 0 Å². The van der Waals surface area contributed by atoms with Gasteiger partial charge in [-0.1, -0.05) is 48.5 Å². The molecule has 0 bridgehead atoms. The summed E-state index contributed by atoms with van der Waals surface area (Å²) in [6.07, 6.45) is 1.07. The molecule has 0 aliphatic carbocycles. The Kier molecular flexibility index (Phi) is 6.77. The summed E-state index contributed by atoms with van der Waals surface area (Å²) in [4.78, 5) is 15.0. The van der Waals surface area contributed by atoms with Gasteiger partial charge in [-0.25, -0.2) is 8.42 Å². The van der Waals surface area contributed by atoms with Crippen molar-refractivity contribution in [1.29, 1.82) is 0 Å². The molecular weight excluding hydrogens is 422 g/mol. The lowest BCUT2D eigenvalue weighted by molar-refractivity contribution is -0.126. The van der Waals surface area contributed by atoms with Crippen LogP contribution in [-0.4, -0.2) is 51.9 Å². The van der Waals surface area contributed by atoms with Crippen LogP contribution in [0.1, 0.15) is 12.8 Å². The first-order valence-electron chi connectivity index (χ1n) is 11.0. The number of sulfonamides is 1. The van der Waals surface area contributed by atoms with Gasteiger partial charge in [0.25, 0.3) is 0 Å². The predicted octanol–water partition coefficient (Wildman–Crippen LogP) is 3.49. The Morgan fingerprint density at radius 1 is 0.969 bits per heavy atom. The second kappa shape index (κ2) is 9.71.